The lowest BCUT2D eigenvalue weighted by Crippen LogP contribution is -2.52. The molecule has 0 radical (unpaired) electrons. The van der Waals surface area contributed by atoms with Gasteiger partial charge in [-0.05, 0) is 62.1 Å². The first-order valence-electron chi connectivity index (χ1n) is 11.4. The van der Waals surface area contributed by atoms with E-state index in [0.717, 1.165) is 45.8 Å². The standard InChI is InChI=1S/C24H31Cl2N5O/c1-18(20-5-2-8-27-15-20)31-9-3-4-19(17-31)16-29-10-12-30(13-11-29)24(32)28-21-6-7-22(25)23(26)14-21/h2,5-8,14-15,18-19H,3-4,9-13,16-17H2,1H3,(H,28,32)/t18?,19-/m1/s1. The fraction of sp³-hybridized carbons (Fsp3) is 0.500. The number of nitrogens with zero attached hydrogens (tertiary/aromatic N) is 4. The maximum absolute atomic E-state index is 12.6. The number of hydrogen-bond acceptors (Lipinski definition) is 4. The second-order valence-electron chi connectivity index (χ2n) is 8.81. The molecule has 32 heavy (non-hydrogen) atoms. The molecule has 6 nitrogen and oxygen atoms in total. The number of carbonyl (C=O) groups excluding carboxylic acids is 1. The van der Waals surface area contributed by atoms with Gasteiger partial charge in [0, 0.05) is 63.4 Å². The number of rotatable bonds is 5. The van der Waals surface area contributed by atoms with Crippen LogP contribution in [0.3, 0.4) is 0 Å². The van der Waals surface area contributed by atoms with E-state index in [9.17, 15) is 4.79 Å². The van der Waals surface area contributed by atoms with Gasteiger partial charge >= 0.3 is 6.03 Å². The quantitative estimate of drug-likeness (QED) is 0.659. The van der Waals surface area contributed by atoms with Crippen LogP contribution in [0.15, 0.2) is 42.7 Å². The highest BCUT2D eigenvalue weighted by atomic mass is 35.5. The van der Waals surface area contributed by atoms with Gasteiger partial charge in [0.1, 0.15) is 0 Å². The molecule has 2 aliphatic heterocycles. The van der Waals surface area contributed by atoms with Crippen molar-refractivity contribution in [3.63, 3.8) is 0 Å². The predicted octanol–water partition coefficient (Wildman–Crippen LogP) is 5.01. The topological polar surface area (TPSA) is 51.7 Å². The first-order chi connectivity index (χ1) is 15.5. The summed E-state index contributed by atoms with van der Waals surface area (Å²) in [7, 11) is 0. The first-order valence-corrected chi connectivity index (χ1v) is 12.1. The van der Waals surface area contributed by atoms with Crippen LogP contribution in [-0.4, -0.2) is 71.5 Å². The van der Waals surface area contributed by atoms with Crippen molar-refractivity contribution in [1.82, 2.24) is 19.7 Å². The maximum atomic E-state index is 12.6. The molecule has 2 aliphatic rings. The molecule has 1 unspecified atom stereocenters. The lowest BCUT2D eigenvalue weighted by molar-refractivity contribution is 0.0848. The molecule has 0 aliphatic carbocycles. The summed E-state index contributed by atoms with van der Waals surface area (Å²) in [5, 5.41) is 3.84. The van der Waals surface area contributed by atoms with Crippen LogP contribution >= 0.6 is 23.2 Å². The highest BCUT2D eigenvalue weighted by molar-refractivity contribution is 6.42. The Morgan fingerprint density at radius 2 is 1.97 bits per heavy atom. The number of pyridine rings is 1. The molecular formula is C24H31Cl2N5O. The van der Waals surface area contributed by atoms with Gasteiger partial charge in [-0.2, -0.15) is 0 Å². The normalized spacial score (nSPS) is 21.3. The predicted molar refractivity (Wildman–Crippen MR) is 130 cm³/mol. The molecule has 4 rings (SSSR count). The number of aromatic nitrogens is 1. The second-order valence-corrected chi connectivity index (χ2v) is 9.63. The number of nitrogens with one attached hydrogen (secondary N) is 1. The minimum Gasteiger partial charge on any atom is -0.322 e. The number of benzene rings is 1. The van der Waals surface area contributed by atoms with E-state index in [0.29, 0.717) is 27.7 Å². The molecule has 0 bridgehead atoms. The number of anilines is 1. The zero-order chi connectivity index (χ0) is 22.5. The molecule has 2 aromatic rings. The number of likely N-dealkylation sites (tertiary alicyclic amines) is 1. The van der Waals surface area contributed by atoms with Gasteiger partial charge < -0.3 is 10.2 Å². The Balaban J connectivity index is 1.23. The molecule has 172 valence electrons. The van der Waals surface area contributed by atoms with Crippen LogP contribution in [0.5, 0.6) is 0 Å². The minimum absolute atomic E-state index is 0.0859. The van der Waals surface area contributed by atoms with E-state index < -0.39 is 0 Å². The average molecular weight is 476 g/mol. The highest BCUT2D eigenvalue weighted by Crippen LogP contribution is 2.27. The van der Waals surface area contributed by atoms with Gasteiger partial charge in [-0.15, -0.1) is 0 Å². The lowest BCUT2D eigenvalue weighted by Gasteiger charge is -2.41. The molecule has 2 amide bonds. The van der Waals surface area contributed by atoms with Gasteiger partial charge in [0.05, 0.1) is 10.0 Å². The monoisotopic (exact) mass is 475 g/mol. The van der Waals surface area contributed by atoms with Crippen molar-refractivity contribution in [2.24, 2.45) is 5.92 Å². The first kappa shape index (κ1) is 23.3. The maximum Gasteiger partial charge on any atom is 0.321 e. The summed E-state index contributed by atoms with van der Waals surface area (Å²) in [5.74, 6) is 0.666. The van der Waals surface area contributed by atoms with Crippen LogP contribution in [0.2, 0.25) is 10.0 Å². The summed E-state index contributed by atoms with van der Waals surface area (Å²) >= 11 is 12.0. The molecule has 1 N–H and O–H groups in total. The van der Waals surface area contributed by atoms with Crippen LogP contribution < -0.4 is 5.32 Å². The Bertz CT molecular complexity index is 905. The molecule has 2 saturated heterocycles. The molecule has 0 spiro atoms. The lowest BCUT2D eigenvalue weighted by atomic mass is 9.95. The van der Waals surface area contributed by atoms with E-state index >= 15 is 0 Å². The minimum atomic E-state index is -0.0859. The van der Waals surface area contributed by atoms with Gasteiger partial charge in [0.2, 0.25) is 0 Å². The summed E-state index contributed by atoms with van der Waals surface area (Å²) in [5.41, 5.74) is 1.95. The van der Waals surface area contributed by atoms with Crippen LogP contribution in [0.1, 0.15) is 31.4 Å². The third-order valence-electron chi connectivity index (χ3n) is 6.61. The Labute approximate surface area is 200 Å². The van der Waals surface area contributed by atoms with E-state index in [1.807, 2.05) is 23.4 Å². The Hall–Kier alpha value is -1.86. The molecule has 1 aromatic heterocycles. The largest absolute Gasteiger partial charge is 0.322 e. The number of amides is 2. The van der Waals surface area contributed by atoms with Gasteiger partial charge in [-0.1, -0.05) is 29.3 Å². The number of piperazine rings is 1. The van der Waals surface area contributed by atoms with Crippen molar-refractivity contribution in [3.05, 3.63) is 58.3 Å². The van der Waals surface area contributed by atoms with E-state index in [2.05, 4.69) is 33.1 Å². The number of hydrogen-bond donors (Lipinski definition) is 1. The smallest absolute Gasteiger partial charge is 0.321 e. The van der Waals surface area contributed by atoms with Gasteiger partial charge in [0.15, 0.2) is 0 Å². The van der Waals surface area contributed by atoms with E-state index in [-0.39, 0.29) is 6.03 Å². The molecular weight excluding hydrogens is 445 g/mol. The Kier molecular flexibility index (Phi) is 7.89. The van der Waals surface area contributed by atoms with Crippen molar-refractivity contribution in [3.8, 4) is 0 Å². The summed E-state index contributed by atoms with van der Waals surface area (Å²) in [6.07, 6.45) is 6.33. The number of halogens is 2. The third-order valence-corrected chi connectivity index (χ3v) is 7.35. The summed E-state index contributed by atoms with van der Waals surface area (Å²) in [6, 6.07) is 9.64. The molecule has 1 aromatic carbocycles. The number of urea groups is 1. The van der Waals surface area contributed by atoms with Crippen molar-refractivity contribution in [2.45, 2.75) is 25.8 Å². The zero-order valence-electron chi connectivity index (χ0n) is 18.5. The van der Waals surface area contributed by atoms with Gasteiger partial charge in [0.25, 0.3) is 0 Å². The van der Waals surface area contributed by atoms with E-state index in [1.54, 1.807) is 18.2 Å². The molecule has 0 saturated carbocycles. The fourth-order valence-corrected chi connectivity index (χ4v) is 5.01. The summed E-state index contributed by atoms with van der Waals surface area (Å²) in [4.78, 5) is 23.9. The van der Waals surface area contributed by atoms with Crippen LogP contribution in [0, 0.1) is 5.92 Å². The Morgan fingerprint density at radius 3 is 2.69 bits per heavy atom. The highest BCUT2D eigenvalue weighted by Gasteiger charge is 2.28. The average Bonchev–Trinajstić information content (AvgIpc) is 2.82. The second kappa shape index (κ2) is 10.8. The molecule has 2 fully saturated rings. The molecule has 3 heterocycles. The van der Waals surface area contributed by atoms with Crippen molar-refractivity contribution >= 4 is 34.9 Å². The summed E-state index contributed by atoms with van der Waals surface area (Å²) < 4.78 is 0. The fourth-order valence-electron chi connectivity index (χ4n) is 4.71. The SMILES string of the molecule is CC(c1cccnc1)N1CCC[C@H](CN2CCN(C(=O)Nc3ccc(Cl)c(Cl)c3)CC2)C1. The van der Waals surface area contributed by atoms with Crippen LogP contribution in [-0.2, 0) is 0 Å². The summed E-state index contributed by atoms with van der Waals surface area (Å²) in [6.45, 7) is 8.92. The third kappa shape index (κ3) is 5.93. The van der Waals surface area contributed by atoms with E-state index in [4.69, 9.17) is 23.2 Å². The van der Waals surface area contributed by atoms with Crippen molar-refractivity contribution < 1.29 is 4.79 Å². The van der Waals surface area contributed by atoms with E-state index in [1.165, 1.54) is 18.4 Å². The van der Waals surface area contributed by atoms with Crippen LogP contribution in [0.4, 0.5) is 10.5 Å². The molecule has 8 heteroatoms. The number of piperidine rings is 1. The van der Waals surface area contributed by atoms with Gasteiger partial charge in [-0.3, -0.25) is 14.8 Å². The van der Waals surface area contributed by atoms with Gasteiger partial charge in [-0.25, -0.2) is 4.79 Å². The number of carbonyl (C=O) groups is 1. The van der Waals surface area contributed by atoms with Crippen molar-refractivity contribution in [2.75, 3.05) is 51.1 Å². The van der Waals surface area contributed by atoms with Crippen molar-refractivity contribution in [1.29, 1.82) is 0 Å². The zero-order valence-corrected chi connectivity index (χ0v) is 20.0. The molecule has 2 atom stereocenters. The Morgan fingerprint density at radius 1 is 1.16 bits per heavy atom. The van der Waals surface area contributed by atoms with Crippen LogP contribution in [0.25, 0.3) is 0 Å².